The molecule has 31 heavy (non-hydrogen) atoms. The predicted octanol–water partition coefficient (Wildman–Crippen LogP) is 5.41. The van der Waals surface area contributed by atoms with Crippen molar-refractivity contribution in [3.63, 3.8) is 0 Å². The zero-order chi connectivity index (χ0) is 21.4. The zero-order valence-corrected chi connectivity index (χ0v) is 18.0. The van der Waals surface area contributed by atoms with E-state index in [1.54, 1.807) is 18.3 Å². The maximum atomic E-state index is 9.71. The number of aromatic nitrogens is 2. The first kappa shape index (κ1) is 19.6. The summed E-state index contributed by atoms with van der Waals surface area (Å²) in [6, 6.07) is 24.5. The highest BCUT2D eigenvalue weighted by Gasteiger charge is 2.42. The van der Waals surface area contributed by atoms with Crippen molar-refractivity contribution in [2.24, 2.45) is 0 Å². The van der Waals surface area contributed by atoms with Crippen LogP contribution in [0.2, 0.25) is 5.02 Å². The molecule has 1 fully saturated rings. The van der Waals surface area contributed by atoms with Crippen molar-refractivity contribution in [3.8, 4) is 11.4 Å². The minimum absolute atomic E-state index is 0.143. The van der Waals surface area contributed by atoms with E-state index in [0.717, 1.165) is 22.8 Å². The summed E-state index contributed by atoms with van der Waals surface area (Å²) in [6.07, 6.45) is 3.81. The summed E-state index contributed by atoms with van der Waals surface area (Å²) in [5.74, 6) is 0.232. The van der Waals surface area contributed by atoms with Crippen LogP contribution in [0.4, 0.5) is 5.69 Å². The average molecular weight is 447 g/mol. The van der Waals surface area contributed by atoms with Crippen LogP contribution in [-0.2, 0) is 0 Å². The van der Waals surface area contributed by atoms with Crippen molar-refractivity contribution in [3.05, 3.63) is 108 Å². The molecule has 2 aromatic heterocycles. The molecule has 5 rings (SSSR count). The highest BCUT2D eigenvalue weighted by atomic mass is 35.5. The average Bonchev–Trinajstić information content (AvgIpc) is 3.40. The van der Waals surface area contributed by atoms with Gasteiger partial charge in [0.25, 0.3) is 0 Å². The summed E-state index contributed by atoms with van der Waals surface area (Å²) in [7, 11) is 0. The molecular formula is C24H19ClN4OS. The Kier molecular flexibility index (Phi) is 5.10. The summed E-state index contributed by atoms with van der Waals surface area (Å²) >= 11 is 11.9. The number of anilines is 1. The van der Waals surface area contributed by atoms with Gasteiger partial charge in [-0.3, -0.25) is 4.98 Å². The SMILES string of the molecule is Oc1ccc(-n2cccc2[C@H]2[C@@H](c3ccccn3)NC(=S)N2c2ccc(Cl)cc2)cc1. The van der Waals surface area contributed by atoms with Crippen LogP contribution in [0.15, 0.2) is 91.3 Å². The second-order valence-electron chi connectivity index (χ2n) is 7.29. The second-order valence-corrected chi connectivity index (χ2v) is 8.12. The molecule has 5 nitrogen and oxygen atoms in total. The van der Waals surface area contributed by atoms with Crippen LogP contribution < -0.4 is 10.2 Å². The van der Waals surface area contributed by atoms with Crippen LogP contribution in [-0.4, -0.2) is 19.8 Å². The molecule has 4 aromatic rings. The fraction of sp³-hybridized carbons (Fsp3) is 0.0833. The summed E-state index contributed by atoms with van der Waals surface area (Å²) in [4.78, 5) is 6.71. The summed E-state index contributed by atoms with van der Waals surface area (Å²) < 4.78 is 2.11. The molecule has 1 saturated heterocycles. The van der Waals surface area contributed by atoms with Gasteiger partial charge in [-0.2, -0.15) is 0 Å². The Morgan fingerprint density at radius 2 is 1.65 bits per heavy atom. The number of aromatic hydroxyl groups is 1. The van der Waals surface area contributed by atoms with E-state index >= 15 is 0 Å². The lowest BCUT2D eigenvalue weighted by Gasteiger charge is -2.29. The number of thiocarbonyl (C=S) groups is 1. The minimum Gasteiger partial charge on any atom is -0.508 e. The van der Waals surface area contributed by atoms with Crippen molar-refractivity contribution in [2.75, 3.05) is 4.90 Å². The number of hydrogen-bond acceptors (Lipinski definition) is 3. The molecule has 1 aliphatic rings. The van der Waals surface area contributed by atoms with Crippen LogP contribution in [0.5, 0.6) is 5.75 Å². The fourth-order valence-electron chi connectivity index (χ4n) is 4.02. The minimum atomic E-state index is -0.146. The van der Waals surface area contributed by atoms with Gasteiger partial charge in [-0.1, -0.05) is 17.7 Å². The molecule has 0 saturated carbocycles. The van der Waals surface area contributed by atoms with Gasteiger partial charge in [0.2, 0.25) is 0 Å². The number of benzene rings is 2. The number of rotatable bonds is 4. The molecule has 2 N–H and O–H groups in total. The summed E-state index contributed by atoms with van der Waals surface area (Å²) in [5.41, 5.74) is 3.85. The normalized spacial score (nSPS) is 18.2. The van der Waals surface area contributed by atoms with E-state index in [1.807, 2.05) is 66.9 Å². The first-order valence-corrected chi connectivity index (χ1v) is 10.6. The highest BCUT2D eigenvalue weighted by molar-refractivity contribution is 7.80. The molecule has 2 atom stereocenters. The Bertz CT molecular complexity index is 1210. The molecule has 0 unspecified atom stereocenters. The van der Waals surface area contributed by atoms with Crippen molar-refractivity contribution < 1.29 is 5.11 Å². The van der Waals surface area contributed by atoms with Crippen LogP contribution in [0.3, 0.4) is 0 Å². The number of phenolic OH excluding ortho intramolecular Hbond substituents is 1. The van der Waals surface area contributed by atoms with Gasteiger partial charge >= 0.3 is 0 Å². The summed E-state index contributed by atoms with van der Waals surface area (Å²) in [5, 5.41) is 14.5. The smallest absolute Gasteiger partial charge is 0.174 e. The third-order valence-electron chi connectivity index (χ3n) is 5.41. The molecule has 3 heterocycles. The lowest BCUT2D eigenvalue weighted by molar-refractivity contribution is 0.475. The molecule has 0 radical (unpaired) electrons. The third kappa shape index (κ3) is 3.65. The molecule has 2 aromatic carbocycles. The van der Waals surface area contributed by atoms with E-state index in [0.29, 0.717) is 10.1 Å². The Balaban J connectivity index is 1.66. The summed E-state index contributed by atoms with van der Waals surface area (Å²) in [6.45, 7) is 0. The molecule has 154 valence electrons. The van der Waals surface area contributed by atoms with E-state index in [9.17, 15) is 5.11 Å². The lowest BCUT2D eigenvalue weighted by Crippen LogP contribution is -2.30. The second kappa shape index (κ2) is 8.06. The highest BCUT2D eigenvalue weighted by Crippen LogP contribution is 2.42. The van der Waals surface area contributed by atoms with Gasteiger partial charge in [0, 0.05) is 34.5 Å². The third-order valence-corrected chi connectivity index (χ3v) is 5.98. The standard InChI is InChI=1S/C24H19ClN4OS/c25-16-6-8-18(9-7-16)29-23(22(27-24(29)31)20-4-1-2-14-26-20)21-5-3-15-28(21)17-10-12-19(30)13-11-17/h1-15,22-23,30H,(H,27,31)/t22-,23+/m1/s1. The Hall–Kier alpha value is -3.35. The number of hydrogen-bond donors (Lipinski definition) is 2. The van der Waals surface area contributed by atoms with Crippen molar-refractivity contribution in [1.29, 1.82) is 0 Å². The maximum Gasteiger partial charge on any atom is 0.174 e. The van der Waals surface area contributed by atoms with E-state index in [2.05, 4.69) is 25.8 Å². The molecule has 0 aliphatic carbocycles. The van der Waals surface area contributed by atoms with Crippen LogP contribution >= 0.6 is 23.8 Å². The molecule has 0 spiro atoms. The number of pyridine rings is 1. The lowest BCUT2D eigenvalue weighted by atomic mass is 10.0. The first-order chi connectivity index (χ1) is 15.1. The zero-order valence-electron chi connectivity index (χ0n) is 16.4. The van der Waals surface area contributed by atoms with E-state index in [-0.39, 0.29) is 17.8 Å². The van der Waals surface area contributed by atoms with Gasteiger partial charge in [-0.05, 0) is 85.0 Å². The molecular weight excluding hydrogens is 428 g/mol. The van der Waals surface area contributed by atoms with Crippen LogP contribution in [0.25, 0.3) is 5.69 Å². The molecule has 0 bridgehead atoms. The van der Waals surface area contributed by atoms with Crippen molar-refractivity contribution in [1.82, 2.24) is 14.9 Å². The van der Waals surface area contributed by atoms with Gasteiger partial charge in [-0.15, -0.1) is 0 Å². The number of halogens is 1. The van der Waals surface area contributed by atoms with Gasteiger partial charge < -0.3 is 19.9 Å². The number of nitrogens with one attached hydrogen (secondary N) is 1. The molecule has 7 heteroatoms. The van der Waals surface area contributed by atoms with E-state index in [4.69, 9.17) is 23.8 Å². The Morgan fingerprint density at radius 3 is 2.35 bits per heavy atom. The van der Waals surface area contributed by atoms with Gasteiger partial charge in [-0.25, -0.2) is 0 Å². The van der Waals surface area contributed by atoms with Gasteiger partial charge in [0.15, 0.2) is 5.11 Å². The van der Waals surface area contributed by atoms with Crippen molar-refractivity contribution in [2.45, 2.75) is 12.1 Å². The monoisotopic (exact) mass is 446 g/mol. The van der Waals surface area contributed by atoms with Crippen molar-refractivity contribution >= 4 is 34.6 Å². The molecule has 1 aliphatic heterocycles. The number of nitrogens with zero attached hydrogens (tertiary/aromatic N) is 3. The number of phenols is 1. The predicted molar refractivity (Wildman–Crippen MR) is 127 cm³/mol. The van der Waals surface area contributed by atoms with E-state index in [1.165, 1.54) is 0 Å². The van der Waals surface area contributed by atoms with E-state index < -0.39 is 0 Å². The Morgan fingerprint density at radius 1 is 0.903 bits per heavy atom. The quantitative estimate of drug-likeness (QED) is 0.410. The molecule has 0 amide bonds. The maximum absolute atomic E-state index is 9.71. The first-order valence-electron chi connectivity index (χ1n) is 9.85. The fourth-order valence-corrected chi connectivity index (χ4v) is 4.49. The van der Waals surface area contributed by atoms with Gasteiger partial charge in [0.1, 0.15) is 11.8 Å². The van der Waals surface area contributed by atoms with Gasteiger partial charge in [0.05, 0.1) is 11.7 Å². The van der Waals surface area contributed by atoms with Crippen LogP contribution in [0.1, 0.15) is 23.5 Å². The topological polar surface area (TPSA) is 53.3 Å². The Labute approximate surface area is 190 Å². The van der Waals surface area contributed by atoms with Crippen LogP contribution in [0, 0.1) is 0 Å². The largest absolute Gasteiger partial charge is 0.508 e.